The van der Waals surface area contributed by atoms with E-state index in [2.05, 4.69) is 0 Å². The smallest absolute Gasteiger partial charge is 0.0797 e. The molecule has 0 saturated carbocycles. The van der Waals surface area contributed by atoms with E-state index in [0.29, 0.717) is 0 Å². The lowest BCUT2D eigenvalue weighted by Crippen LogP contribution is -2.11. The number of nitrogens with zero attached hydrogens (tertiary/aromatic N) is 1. The second-order valence-corrected chi connectivity index (χ2v) is 5.68. The number of hydrogen-bond donors (Lipinski definition) is 0. The molecule has 1 atom stereocenters. The molecule has 0 aliphatic carbocycles. The summed E-state index contributed by atoms with van der Waals surface area (Å²) in [6, 6.07) is 17.6. The first-order valence-electron chi connectivity index (χ1n) is 6.08. The third kappa shape index (κ3) is 3.55. The first-order chi connectivity index (χ1) is 9.18. The molecule has 0 N–H and O–H groups in total. The van der Waals surface area contributed by atoms with Gasteiger partial charge in [-0.05, 0) is 23.8 Å². The largest absolute Gasteiger partial charge is 0.377 e. The highest BCUT2D eigenvalue weighted by atomic mass is 32.2. The Morgan fingerprint density at radius 1 is 0.947 bits per heavy atom. The Hall–Kier alpha value is -1.87. The van der Waals surface area contributed by atoms with Crippen molar-refractivity contribution in [1.82, 2.24) is 0 Å². The van der Waals surface area contributed by atoms with Crippen LogP contribution >= 0.6 is 0 Å². The minimum absolute atomic E-state index is 0.833. The van der Waals surface area contributed by atoms with Gasteiger partial charge in [-0.2, -0.15) is 0 Å². The van der Waals surface area contributed by atoms with Crippen molar-refractivity contribution >= 4 is 22.6 Å². The van der Waals surface area contributed by atoms with Crippen molar-refractivity contribution in [2.45, 2.75) is 4.90 Å². The molecule has 19 heavy (non-hydrogen) atoms. The summed E-state index contributed by atoms with van der Waals surface area (Å²) in [7, 11) is 2.77. The molecule has 0 aliphatic rings. The van der Waals surface area contributed by atoms with Crippen LogP contribution in [0.3, 0.4) is 0 Å². The molecule has 0 aromatic heterocycles. The van der Waals surface area contributed by atoms with Gasteiger partial charge in [-0.3, -0.25) is 0 Å². The van der Waals surface area contributed by atoms with E-state index in [4.69, 9.17) is 0 Å². The Morgan fingerprint density at radius 3 is 2.26 bits per heavy atom. The topological polar surface area (TPSA) is 20.3 Å². The molecule has 0 aliphatic heterocycles. The van der Waals surface area contributed by atoms with Crippen molar-refractivity contribution in [3.05, 3.63) is 65.6 Å². The highest BCUT2D eigenvalue weighted by Gasteiger charge is 2.07. The third-order valence-corrected chi connectivity index (χ3v) is 3.91. The van der Waals surface area contributed by atoms with Gasteiger partial charge < -0.3 is 4.90 Å². The molecule has 0 radical (unpaired) electrons. The van der Waals surface area contributed by atoms with E-state index in [1.165, 1.54) is 0 Å². The van der Waals surface area contributed by atoms with E-state index in [0.717, 1.165) is 16.1 Å². The highest BCUT2D eigenvalue weighted by Crippen LogP contribution is 2.22. The van der Waals surface area contributed by atoms with Gasteiger partial charge in [0, 0.05) is 19.5 Å². The van der Waals surface area contributed by atoms with Crippen molar-refractivity contribution < 1.29 is 4.21 Å². The van der Waals surface area contributed by atoms with Crippen LogP contribution in [0.15, 0.2) is 64.9 Å². The average molecular weight is 271 g/mol. The second-order valence-electron chi connectivity index (χ2n) is 4.37. The summed E-state index contributed by atoms with van der Waals surface area (Å²) in [4.78, 5) is 2.81. The van der Waals surface area contributed by atoms with Crippen LogP contribution in [-0.4, -0.2) is 18.3 Å². The maximum atomic E-state index is 12.3. The maximum absolute atomic E-state index is 12.3. The molecule has 2 rings (SSSR count). The van der Waals surface area contributed by atoms with Crippen LogP contribution in [0.4, 0.5) is 5.69 Å². The molecule has 3 heteroatoms. The number of hydrogen-bond acceptors (Lipinski definition) is 2. The number of benzene rings is 2. The lowest BCUT2D eigenvalue weighted by molar-refractivity contribution is 0.688. The Balaban J connectivity index is 2.24. The van der Waals surface area contributed by atoms with Gasteiger partial charge in [-0.15, -0.1) is 0 Å². The molecule has 0 amide bonds. The minimum atomic E-state index is -1.14. The molecule has 0 heterocycles. The summed E-state index contributed by atoms with van der Waals surface area (Å²) in [6.07, 6.45) is 1.89. The number of rotatable bonds is 4. The molecular weight excluding hydrogens is 254 g/mol. The van der Waals surface area contributed by atoms with Crippen LogP contribution in [0.5, 0.6) is 0 Å². The molecular formula is C16H17NOS. The van der Waals surface area contributed by atoms with Crippen LogP contribution < -0.4 is 4.90 Å². The van der Waals surface area contributed by atoms with Crippen LogP contribution in [-0.2, 0) is 10.8 Å². The molecule has 2 aromatic carbocycles. The molecule has 1 unspecified atom stereocenters. The summed E-state index contributed by atoms with van der Waals surface area (Å²) in [5, 5.41) is 1.73. The molecule has 2 aromatic rings. The zero-order valence-electron chi connectivity index (χ0n) is 11.1. The normalized spacial score (nSPS) is 12.5. The summed E-state index contributed by atoms with van der Waals surface area (Å²) in [6.45, 7) is 0. The van der Waals surface area contributed by atoms with Crippen molar-refractivity contribution in [3.8, 4) is 0 Å². The molecule has 0 fully saturated rings. The van der Waals surface area contributed by atoms with E-state index >= 15 is 0 Å². The lowest BCUT2D eigenvalue weighted by atomic mass is 10.2. The summed E-state index contributed by atoms with van der Waals surface area (Å²) >= 11 is 0. The molecule has 0 bridgehead atoms. The van der Waals surface area contributed by atoms with Crippen molar-refractivity contribution in [2.75, 3.05) is 19.0 Å². The van der Waals surface area contributed by atoms with E-state index < -0.39 is 10.8 Å². The number of para-hydroxylation sites is 1. The van der Waals surface area contributed by atoms with E-state index in [1.807, 2.05) is 79.7 Å². The van der Waals surface area contributed by atoms with E-state index in [1.54, 1.807) is 5.41 Å². The fourth-order valence-electron chi connectivity index (χ4n) is 1.77. The predicted molar refractivity (Wildman–Crippen MR) is 82.7 cm³/mol. The Kier molecular flexibility index (Phi) is 4.53. The zero-order chi connectivity index (χ0) is 13.7. The Morgan fingerprint density at radius 2 is 1.58 bits per heavy atom. The molecule has 0 spiro atoms. The third-order valence-electron chi connectivity index (χ3n) is 2.75. The van der Waals surface area contributed by atoms with Gasteiger partial charge in [0.1, 0.15) is 0 Å². The lowest BCUT2D eigenvalue weighted by Gasteiger charge is -2.15. The van der Waals surface area contributed by atoms with Crippen LogP contribution in [0.1, 0.15) is 5.56 Å². The van der Waals surface area contributed by atoms with Crippen molar-refractivity contribution in [2.24, 2.45) is 0 Å². The number of anilines is 1. The zero-order valence-corrected chi connectivity index (χ0v) is 11.9. The quantitative estimate of drug-likeness (QED) is 0.848. The minimum Gasteiger partial charge on any atom is -0.377 e. The van der Waals surface area contributed by atoms with Gasteiger partial charge >= 0.3 is 0 Å². The van der Waals surface area contributed by atoms with Gasteiger partial charge in [0.05, 0.1) is 21.4 Å². The Bertz CT molecular complexity index is 591. The first-order valence-corrected chi connectivity index (χ1v) is 7.30. The fraction of sp³-hybridized carbons (Fsp3) is 0.125. The summed E-state index contributed by atoms with van der Waals surface area (Å²) in [5.41, 5.74) is 2.04. The van der Waals surface area contributed by atoms with Crippen LogP contribution in [0, 0.1) is 0 Å². The SMILES string of the molecule is CN(C)c1ccccc1S(=O)/C=C/c1ccccc1. The van der Waals surface area contributed by atoms with Gasteiger partial charge in [0.2, 0.25) is 0 Å². The molecule has 98 valence electrons. The summed E-state index contributed by atoms with van der Waals surface area (Å²) in [5.74, 6) is 0. The first kappa shape index (κ1) is 13.6. The Labute approximate surface area is 116 Å². The summed E-state index contributed by atoms with van der Waals surface area (Å²) < 4.78 is 12.3. The average Bonchev–Trinajstić information content (AvgIpc) is 2.46. The van der Waals surface area contributed by atoms with Crippen LogP contribution in [0.25, 0.3) is 6.08 Å². The van der Waals surface area contributed by atoms with E-state index in [9.17, 15) is 4.21 Å². The van der Waals surface area contributed by atoms with Crippen LogP contribution in [0.2, 0.25) is 0 Å². The molecule has 0 saturated heterocycles. The van der Waals surface area contributed by atoms with Gasteiger partial charge in [-0.1, -0.05) is 42.5 Å². The standard InChI is InChI=1S/C16H17NOS/c1-17(2)15-10-6-7-11-16(15)19(18)13-12-14-8-4-3-5-9-14/h3-13H,1-2H3/b13-12+. The van der Waals surface area contributed by atoms with Gasteiger partial charge in [0.15, 0.2) is 0 Å². The molecule has 2 nitrogen and oxygen atoms in total. The van der Waals surface area contributed by atoms with E-state index in [-0.39, 0.29) is 0 Å². The monoisotopic (exact) mass is 271 g/mol. The van der Waals surface area contributed by atoms with Gasteiger partial charge in [-0.25, -0.2) is 4.21 Å². The fourth-order valence-corrected chi connectivity index (χ4v) is 2.87. The highest BCUT2D eigenvalue weighted by molar-refractivity contribution is 7.88. The van der Waals surface area contributed by atoms with Crippen molar-refractivity contribution in [1.29, 1.82) is 0 Å². The van der Waals surface area contributed by atoms with Gasteiger partial charge in [0.25, 0.3) is 0 Å². The van der Waals surface area contributed by atoms with Crippen molar-refractivity contribution in [3.63, 3.8) is 0 Å². The maximum Gasteiger partial charge on any atom is 0.0797 e. The second kappa shape index (κ2) is 6.34. The predicted octanol–water partition coefficient (Wildman–Crippen LogP) is 3.53.